The number of rotatable bonds is 13. The van der Waals surface area contributed by atoms with Gasteiger partial charge in [0.2, 0.25) is 0 Å². The Kier molecular flexibility index (Phi) is 26.0. The van der Waals surface area contributed by atoms with E-state index in [1.807, 2.05) is 24.3 Å². The molecule has 446 valence electrons. The van der Waals surface area contributed by atoms with E-state index in [2.05, 4.69) is 39.5 Å². The zero-order valence-corrected chi connectivity index (χ0v) is 47.0. The highest BCUT2D eigenvalue weighted by Crippen LogP contribution is 2.31. The van der Waals surface area contributed by atoms with Crippen molar-refractivity contribution in [3.05, 3.63) is 118 Å². The van der Waals surface area contributed by atoms with Crippen molar-refractivity contribution in [3.8, 4) is 28.7 Å². The Bertz CT molecular complexity index is 2840. The average Bonchev–Trinajstić information content (AvgIpc) is 3.57. The van der Waals surface area contributed by atoms with Gasteiger partial charge in [0.25, 0.3) is 0 Å². The number of phenolic OH excluding ortho intramolecular Hbond substituents is 3. The second-order valence-electron chi connectivity index (χ2n) is 18.6. The number of morpholine rings is 5. The number of aromatic hydroxyl groups is 3. The molecule has 0 saturated carbocycles. The minimum Gasteiger partial charge on any atom is -0.507 e. The van der Waals surface area contributed by atoms with Crippen LogP contribution in [0.1, 0.15) is 52.6 Å². The van der Waals surface area contributed by atoms with Crippen LogP contribution >= 0.6 is 0 Å². The summed E-state index contributed by atoms with van der Waals surface area (Å²) in [5.74, 6) is 5.86. The van der Waals surface area contributed by atoms with E-state index in [9.17, 15) is 34.5 Å². The van der Waals surface area contributed by atoms with Gasteiger partial charge in [-0.1, -0.05) is 5.16 Å². The topological polar surface area (TPSA) is 290 Å². The molecule has 0 spiro atoms. The molecule has 5 saturated heterocycles. The molecule has 0 aromatic heterocycles. The average molecular weight is 1150 g/mol. The number of benzene rings is 5. The number of esters is 1. The Morgan fingerprint density at radius 3 is 1.22 bits per heavy atom. The third-order valence-corrected chi connectivity index (χ3v) is 13.7. The van der Waals surface area contributed by atoms with Gasteiger partial charge in [-0.25, -0.2) is 4.79 Å². The number of oxime groups is 1. The quantitative estimate of drug-likeness (QED) is 0.0257. The summed E-state index contributed by atoms with van der Waals surface area (Å²) >= 11 is 0. The molecule has 5 aliphatic rings. The third-order valence-electron chi connectivity index (χ3n) is 13.7. The van der Waals surface area contributed by atoms with Gasteiger partial charge in [0.1, 0.15) is 34.3 Å². The van der Waals surface area contributed by atoms with Crippen LogP contribution in [0.4, 0.5) is 28.4 Å². The molecule has 5 aromatic rings. The number of nitrogens with zero attached hydrogens (tertiary/aromatic N) is 7. The summed E-state index contributed by atoms with van der Waals surface area (Å²) < 4.78 is 41.3. The molecule has 83 heavy (non-hydrogen) atoms. The predicted molar refractivity (Wildman–Crippen MR) is 314 cm³/mol. The molecule has 5 heterocycles. The van der Waals surface area contributed by atoms with E-state index in [0.29, 0.717) is 85.2 Å². The minimum atomic E-state index is -0.530. The molecule has 0 aliphatic carbocycles. The molecule has 5 aliphatic heterocycles. The molecule has 0 bridgehead atoms. The summed E-state index contributed by atoms with van der Waals surface area (Å²) in [6.45, 7) is 15.1. The third kappa shape index (κ3) is 18.7. The molecule has 5 aromatic carbocycles. The summed E-state index contributed by atoms with van der Waals surface area (Å²) in [7, 11) is 4.38. The number of anilines is 5. The van der Waals surface area contributed by atoms with Gasteiger partial charge in [-0.3, -0.25) is 14.4 Å². The first-order valence-corrected chi connectivity index (χ1v) is 26.9. The first-order valence-electron chi connectivity index (χ1n) is 26.9. The smallest absolute Gasteiger partial charge is 0.341 e. The molecule has 0 radical (unpaired) electrons. The van der Waals surface area contributed by atoms with Crippen LogP contribution in [0.3, 0.4) is 0 Å². The summed E-state index contributed by atoms with van der Waals surface area (Å²) in [5.41, 5.74) is 7.49. The van der Waals surface area contributed by atoms with Gasteiger partial charge in [-0.05, 0) is 60.7 Å². The van der Waals surface area contributed by atoms with E-state index in [0.717, 1.165) is 133 Å². The monoisotopic (exact) mass is 1150 g/mol. The molecular formula is C59H74N8O16. The van der Waals surface area contributed by atoms with Crippen LogP contribution in [-0.2, 0) is 28.4 Å². The van der Waals surface area contributed by atoms with Crippen molar-refractivity contribution in [1.82, 2.24) is 0 Å². The lowest BCUT2D eigenvalue weighted by atomic mass is 10.1. The lowest BCUT2D eigenvalue weighted by Gasteiger charge is -2.30. The van der Waals surface area contributed by atoms with Crippen molar-refractivity contribution in [2.75, 3.05) is 177 Å². The minimum absolute atomic E-state index is 0.0612. The molecule has 24 nitrogen and oxygen atoms in total. The highest BCUT2D eigenvalue weighted by atomic mass is 16.5. The van der Waals surface area contributed by atoms with Crippen LogP contribution in [0.2, 0.25) is 0 Å². The van der Waals surface area contributed by atoms with E-state index >= 15 is 0 Å². The largest absolute Gasteiger partial charge is 0.507 e. The number of carbonyl (C=O) groups excluding carboxylic acids is 4. The second-order valence-corrected chi connectivity index (χ2v) is 18.6. The summed E-state index contributed by atoms with van der Waals surface area (Å²) in [4.78, 5) is 54.9. The van der Waals surface area contributed by atoms with Crippen molar-refractivity contribution in [1.29, 1.82) is 0 Å². The maximum absolute atomic E-state index is 11.4. The number of hydrogen-bond acceptors (Lipinski definition) is 24. The fraction of sp³-hybridized carbons (Fsp3) is 0.390. The molecule has 6 N–H and O–H groups in total. The van der Waals surface area contributed by atoms with Gasteiger partial charge < -0.3 is 88.8 Å². The second kappa shape index (κ2) is 33.9. The number of methoxy groups -OCH3 is 3. The van der Waals surface area contributed by atoms with Gasteiger partial charge in [0.05, 0.1) is 117 Å². The SMILES string of the molecule is COC(=O)c1cc(N2CCOCC2)ccc1O.COc1cc(N2CCOCC2)c(C=O)cc1C=O.COc1cc(N2CCOCC2)ccc1C=O.NN=Cc1ccc(N2CCOCC2)cc1O.ON=Cc1ccc(N2CCOCC2)cc1O. The molecule has 0 atom stereocenters. The van der Waals surface area contributed by atoms with Gasteiger partial charge in [0, 0.05) is 129 Å². The van der Waals surface area contributed by atoms with Crippen LogP contribution in [0.5, 0.6) is 28.7 Å². The lowest BCUT2D eigenvalue weighted by Crippen LogP contribution is -2.36. The fourth-order valence-corrected chi connectivity index (χ4v) is 9.14. The Labute approximate surface area is 482 Å². The molecule has 5 fully saturated rings. The van der Waals surface area contributed by atoms with E-state index in [1.165, 1.54) is 32.7 Å². The fourth-order valence-electron chi connectivity index (χ4n) is 9.14. The molecule has 0 unspecified atom stereocenters. The maximum atomic E-state index is 11.4. The summed E-state index contributed by atoms with van der Waals surface area (Å²) in [5, 5.41) is 43.7. The number of phenols is 3. The van der Waals surface area contributed by atoms with Crippen LogP contribution in [0.25, 0.3) is 0 Å². The number of aldehydes is 3. The zero-order valence-electron chi connectivity index (χ0n) is 47.0. The number of ether oxygens (including phenoxy) is 8. The number of hydrazone groups is 1. The van der Waals surface area contributed by atoms with Gasteiger partial charge in [-0.2, -0.15) is 5.10 Å². The van der Waals surface area contributed by atoms with Crippen LogP contribution in [-0.4, -0.2) is 211 Å². The predicted octanol–water partition coefficient (Wildman–Crippen LogP) is 5.07. The highest BCUT2D eigenvalue weighted by Gasteiger charge is 2.20. The summed E-state index contributed by atoms with van der Waals surface area (Å²) in [6, 6.07) is 24.6. The van der Waals surface area contributed by atoms with E-state index in [-0.39, 0.29) is 22.8 Å². The molecule has 24 heteroatoms. The van der Waals surface area contributed by atoms with E-state index in [1.54, 1.807) is 61.7 Å². The van der Waals surface area contributed by atoms with E-state index < -0.39 is 5.97 Å². The first kappa shape index (κ1) is 63.5. The number of carbonyl (C=O) groups is 4. The molecule has 10 rings (SSSR count). The van der Waals surface area contributed by atoms with Crippen LogP contribution in [0, 0.1) is 0 Å². The lowest BCUT2D eigenvalue weighted by molar-refractivity contribution is 0.0597. The van der Waals surface area contributed by atoms with Crippen molar-refractivity contribution in [3.63, 3.8) is 0 Å². The van der Waals surface area contributed by atoms with E-state index in [4.69, 9.17) is 44.2 Å². The number of nitrogens with two attached hydrogens (primary N) is 1. The van der Waals surface area contributed by atoms with Gasteiger partial charge in [0.15, 0.2) is 18.9 Å². The highest BCUT2D eigenvalue weighted by molar-refractivity contribution is 5.94. The number of hydrogen-bond donors (Lipinski definition) is 5. The van der Waals surface area contributed by atoms with Gasteiger partial charge in [-0.15, -0.1) is 0 Å². The van der Waals surface area contributed by atoms with Crippen molar-refractivity contribution in [2.45, 2.75) is 0 Å². The summed E-state index contributed by atoms with van der Waals surface area (Å²) in [6.07, 6.45) is 4.89. The molecular weight excluding hydrogens is 1080 g/mol. The maximum Gasteiger partial charge on any atom is 0.341 e. The Hall–Kier alpha value is -8.68. The Balaban J connectivity index is 0.000000167. The zero-order chi connectivity index (χ0) is 59.3. The molecule has 0 amide bonds. The standard InChI is InChI=1S/C13H15NO4.C12H15NO4.C12H15NO3.C11H15N3O2.C11H14N2O3/c1-17-13-7-12(14-2-4-18-5-3-14)10(8-15)6-11(13)9-16;1-16-12(15)10-8-9(2-3-11(10)14)13-4-6-17-7-5-13;1-15-12-8-11(3-2-10(12)9-14)13-4-6-16-7-5-13;12-13-8-9-1-2-10(7-11(9)15)14-3-5-16-6-4-14;14-11-7-10(2-1-9(11)8-12-15)13-3-5-16-6-4-13/h6-9H,2-5H2,1H3;2-3,8,14H,4-7H2,1H3;2-3,8-9H,4-7H2,1H3;1-2,7-8,15H,3-6,12H2;1-2,7-8,14-15H,3-6H2. The first-order chi connectivity index (χ1) is 40.5. The van der Waals surface area contributed by atoms with Crippen molar-refractivity contribution < 1.29 is 77.6 Å². The van der Waals surface area contributed by atoms with Gasteiger partial charge >= 0.3 is 5.97 Å². The van der Waals surface area contributed by atoms with Crippen molar-refractivity contribution >= 4 is 65.7 Å². The van der Waals surface area contributed by atoms with Crippen molar-refractivity contribution in [2.24, 2.45) is 16.1 Å². The van der Waals surface area contributed by atoms with Crippen LogP contribution < -0.4 is 39.8 Å². The van der Waals surface area contributed by atoms with Crippen LogP contribution in [0.15, 0.2) is 95.2 Å². The normalized spacial score (nSPS) is 16.1. The Morgan fingerprint density at radius 1 is 0.458 bits per heavy atom. The Morgan fingerprint density at radius 2 is 0.831 bits per heavy atom.